The number of carbonyl (C=O) groups is 1. The molecule has 2 aromatic carbocycles. The highest BCUT2D eigenvalue weighted by molar-refractivity contribution is 7.88. The molecule has 192 valence electrons. The Balaban J connectivity index is 1.67. The number of halogens is 5. The van der Waals surface area contributed by atoms with E-state index < -0.39 is 43.4 Å². The molecule has 2 N–H and O–H groups in total. The van der Waals surface area contributed by atoms with Gasteiger partial charge in [-0.3, -0.25) is 4.79 Å². The van der Waals surface area contributed by atoms with Crippen LogP contribution in [0.5, 0.6) is 11.5 Å². The Hall–Kier alpha value is -2.67. The van der Waals surface area contributed by atoms with Crippen LogP contribution in [0.4, 0.5) is 17.6 Å². The molecule has 1 aliphatic heterocycles. The number of amides is 1. The van der Waals surface area contributed by atoms with E-state index in [0.29, 0.717) is 6.42 Å². The quantitative estimate of drug-likeness (QED) is 0.295. The van der Waals surface area contributed by atoms with Gasteiger partial charge in [-0.05, 0) is 48.5 Å². The van der Waals surface area contributed by atoms with Crippen LogP contribution in [0.1, 0.15) is 24.0 Å². The summed E-state index contributed by atoms with van der Waals surface area (Å²) in [5.41, 5.74) is 4.86. The van der Waals surface area contributed by atoms with Crippen LogP contribution in [-0.2, 0) is 27.5 Å². The first kappa shape index (κ1) is 26.4. The fourth-order valence-electron chi connectivity index (χ4n) is 4.39. The van der Waals surface area contributed by atoms with Crippen LogP contribution in [0.3, 0.4) is 0 Å². The van der Waals surface area contributed by atoms with Gasteiger partial charge >= 0.3 is 16.2 Å². The number of benzene rings is 2. The van der Waals surface area contributed by atoms with E-state index in [1.54, 1.807) is 0 Å². The molecule has 13 heteroatoms. The number of nitrogens with two attached hydrogens (primary N) is 1. The molecule has 1 amide bonds. The minimum atomic E-state index is -4.59. The number of carbonyl (C=O) groups excluding carboxylic acids is 1. The average Bonchev–Trinajstić information content (AvgIpc) is 3.43. The third-order valence-corrected chi connectivity index (χ3v) is 10.1. The predicted octanol–water partition coefficient (Wildman–Crippen LogP) is 5.71. The number of thiophene rings is 1. The third-order valence-electron chi connectivity index (χ3n) is 6.03. The highest BCUT2D eigenvalue weighted by Crippen LogP contribution is 2.41. The van der Waals surface area contributed by atoms with Crippen molar-refractivity contribution in [2.24, 2.45) is 5.73 Å². The highest BCUT2D eigenvalue weighted by atomic mass is 35.5. The number of nitrogens with zero attached hydrogens (tertiary/aromatic N) is 1. The van der Waals surface area contributed by atoms with Gasteiger partial charge in [0, 0.05) is 18.4 Å². The van der Waals surface area contributed by atoms with Gasteiger partial charge in [0.25, 0.3) is 5.91 Å². The van der Waals surface area contributed by atoms with Crippen molar-refractivity contribution in [3.63, 3.8) is 0 Å². The van der Waals surface area contributed by atoms with Crippen molar-refractivity contribution in [1.82, 2.24) is 0 Å². The zero-order chi connectivity index (χ0) is 26.3. The minimum absolute atomic E-state index is 0.0365. The largest absolute Gasteiger partial charge is 0.454 e. The van der Waals surface area contributed by atoms with Crippen LogP contribution >= 0.6 is 22.9 Å². The first-order valence-electron chi connectivity index (χ1n) is 10.6. The molecule has 3 aromatic rings. The highest BCUT2D eigenvalue weighted by Gasteiger charge is 2.55. The minimum Gasteiger partial charge on any atom is -0.454 e. The van der Waals surface area contributed by atoms with Gasteiger partial charge in [-0.25, -0.2) is 4.39 Å². The molecular formula is C23H20ClF4N2O4S2+. The van der Waals surface area contributed by atoms with Gasteiger partial charge in [0.05, 0.1) is 16.4 Å². The Morgan fingerprint density at radius 3 is 2.53 bits per heavy atom. The topological polar surface area (TPSA) is 86.5 Å². The van der Waals surface area contributed by atoms with Crippen LogP contribution in [-0.4, -0.2) is 30.8 Å². The maximum atomic E-state index is 14.9. The normalized spacial score (nSPS) is 20.4. The fourth-order valence-corrected chi connectivity index (χ4v) is 8.27. The summed E-state index contributed by atoms with van der Waals surface area (Å²) < 4.78 is 86.0. The number of hydrogen-bond acceptors (Lipinski definition) is 5. The Bertz CT molecular complexity index is 1410. The lowest BCUT2D eigenvalue weighted by Gasteiger charge is -2.36. The fraction of sp³-hybridized carbons (Fsp3) is 0.261. The van der Waals surface area contributed by atoms with E-state index in [4.69, 9.17) is 22.1 Å². The second-order valence-electron chi connectivity index (χ2n) is 8.32. The van der Waals surface area contributed by atoms with E-state index in [2.05, 4.69) is 0 Å². The lowest BCUT2D eigenvalue weighted by molar-refractivity contribution is -0.823. The van der Waals surface area contributed by atoms with Gasteiger partial charge in [-0.2, -0.15) is 25.5 Å². The predicted molar refractivity (Wildman–Crippen MR) is 125 cm³/mol. The van der Waals surface area contributed by atoms with Crippen LogP contribution in [0.15, 0.2) is 58.8 Å². The molecule has 1 aliphatic rings. The molecule has 6 nitrogen and oxygen atoms in total. The number of rotatable bonds is 7. The number of likely N-dealkylation sites (tertiary alicyclic amines) is 1. The molecule has 1 fully saturated rings. The Kier molecular flexibility index (Phi) is 7.08. The van der Waals surface area contributed by atoms with Crippen molar-refractivity contribution in [2.75, 3.05) is 6.54 Å². The first-order valence-corrected chi connectivity index (χ1v) is 13.3. The second kappa shape index (κ2) is 9.66. The standard InChI is InChI=1S/C23H19ClF4N2O4S2/c24-20-8-9-21(35-20)36(32,33)30(10-2-5-18(30)22(29)31)13-14-6-7-19(17(25)11-14)34-16-4-1-3-15(12-16)23(26,27)28/h1,3-4,6-9,11-12,18H,2,5,10,13H2,(H-,29,31)/p+1/t18-,30?/m0/s1. The smallest absolute Gasteiger partial charge is 0.416 e. The molecule has 2 heterocycles. The zero-order valence-corrected chi connectivity index (χ0v) is 20.9. The van der Waals surface area contributed by atoms with Gasteiger partial charge in [0.1, 0.15) is 12.3 Å². The van der Waals surface area contributed by atoms with Crippen molar-refractivity contribution in [1.29, 1.82) is 0 Å². The Morgan fingerprint density at radius 1 is 1.17 bits per heavy atom. The van der Waals surface area contributed by atoms with Crippen LogP contribution in [0.2, 0.25) is 4.34 Å². The first-order chi connectivity index (χ1) is 16.8. The monoisotopic (exact) mass is 563 g/mol. The van der Waals surface area contributed by atoms with Crippen molar-refractivity contribution in [3.05, 3.63) is 75.9 Å². The summed E-state index contributed by atoms with van der Waals surface area (Å²) in [5, 5.41) is 0. The number of primary amides is 1. The van der Waals surface area contributed by atoms with E-state index in [9.17, 15) is 30.8 Å². The van der Waals surface area contributed by atoms with Gasteiger partial charge in [-0.15, -0.1) is 11.3 Å². The second-order valence-corrected chi connectivity index (χ2v) is 12.4. The third kappa shape index (κ3) is 4.95. The SMILES string of the molecule is NC(=O)[C@@H]1CCC[N+]1(Cc1ccc(Oc2cccc(C(F)(F)F)c2)c(F)c1)S(=O)(=O)c1ccc(Cl)s1. The lowest BCUT2D eigenvalue weighted by Crippen LogP contribution is -2.59. The number of ether oxygens (including phenoxy) is 1. The molecule has 0 saturated carbocycles. The summed E-state index contributed by atoms with van der Waals surface area (Å²) in [6.07, 6.45) is -3.94. The Labute approximate surface area is 213 Å². The van der Waals surface area contributed by atoms with Crippen molar-refractivity contribution in [2.45, 2.75) is 35.8 Å². The summed E-state index contributed by atoms with van der Waals surface area (Å²) in [6.45, 7) is -0.179. The van der Waals surface area contributed by atoms with E-state index in [-0.39, 0.29) is 45.1 Å². The van der Waals surface area contributed by atoms with Crippen LogP contribution in [0.25, 0.3) is 0 Å². The molecule has 1 saturated heterocycles. The van der Waals surface area contributed by atoms with Crippen LogP contribution in [0, 0.1) is 5.82 Å². The van der Waals surface area contributed by atoms with E-state index >= 15 is 0 Å². The number of quaternary nitrogens is 1. The van der Waals surface area contributed by atoms with Gasteiger partial charge in [0.2, 0.25) is 0 Å². The Morgan fingerprint density at radius 2 is 1.92 bits per heavy atom. The van der Waals surface area contributed by atoms with Gasteiger partial charge in [0.15, 0.2) is 21.8 Å². The molecule has 0 aliphatic carbocycles. The van der Waals surface area contributed by atoms with Gasteiger partial charge in [-0.1, -0.05) is 17.7 Å². The molecule has 36 heavy (non-hydrogen) atoms. The molecule has 0 spiro atoms. The summed E-state index contributed by atoms with van der Waals surface area (Å²) in [4.78, 5) is 12.3. The maximum Gasteiger partial charge on any atom is 0.416 e. The molecule has 2 atom stereocenters. The number of hydrogen-bond donors (Lipinski definition) is 1. The molecule has 0 radical (unpaired) electrons. The summed E-state index contributed by atoms with van der Waals surface area (Å²) in [5.74, 6) is -2.26. The van der Waals surface area contributed by atoms with E-state index in [1.807, 2.05) is 0 Å². The maximum absolute atomic E-state index is 14.9. The molecule has 4 rings (SSSR count). The van der Waals surface area contributed by atoms with Crippen molar-refractivity contribution >= 4 is 38.9 Å². The molecule has 0 bridgehead atoms. The summed E-state index contributed by atoms with van der Waals surface area (Å²) in [6, 6.07) is 9.37. The van der Waals surface area contributed by atoms with Gasteiger partial charge < -0.3 is 10.5 Å². The number of sulfonamides is 1. The lowest BCUT2D eigenvalue weighted by atomic mass is 10.1. The molecule has 1 aromatic heterocycles. The summed E-state index contributed by atoms with van der Waals surface area (Å²) in [7, 11) is -4.15. The summed E-state index contributed by atoms with van der Waals surface area (Å²) >= 11 is 6.80. The molecular weight excluding hydrogens is 544 g/mol. The van der Waals surface area contributed by atoms with Crippen LogP contribution < -0.4 is 10.5 Å². The van der Waals surface area contributed by atoms with E-state index in [0.717, 1.165) is 35.6 Å². The zero-order valence-electron chi connectivity index (χ0n) is 18.5. The van der Waals surface area contributed by atoms with Crippen molar-refractivity contribution in [3.8, 4) is 11.5 Å². The number of alkyl halides is 3. The van der Waals surface area contributed by atoms with Crippen molar-refractivity contribution < 1.29 is 39.4 Å². The molecule has 1 unspecified atom stereocenters. The van der Waals surface area contributed by atoms with E-state index in [1.165, 1.54) is 30.3 Å². The average molecular weight is 564 g/mol.